The fourth-order valence-corrected chi connectivity index (χ4v) is 2.41. The molecule has 4 heteroatoms. The van der Waals surface area contributed by atoms with Gasteiger partial charge in [-0.3, -0.25) is 0 Å². The van der Waals surface area contributed by atoms with E-state index < -0.39 is 0 Å². The minimum Gasteiger partial charge on any atom is -0.342 e. The van der Waals surface area contributed by atoms with Crippen molar-refractivity contribution < 1.29 is 4.39 Å². The third-order valence-corrected chi connectivity index (χ3v) is 3.43. The van der Waals surface area contributed by atoms with Gasteiger partial charge < -0.3 is 10.3 Å². The average molecular weight is 245 g/mol. The summed E-state index contributed by atoms with van der Waals surface area (Å²) in [5.74, 6) is 1.28. The number of rotatable bonds is 2. The summed E-state index contributed by atoms with van der Waals surface area (Å²) in [7, 11) is 0. The molecule has 1 aromatic carbocycles. The minimum absolute atomic E-state index is 0.213. The maximum absolute atomic E-state index is 12.9. The fraction of sp³-hybridized carbons (Fsp3) is 0.357. The standard InChI is InChI=1S/C14H16FN3/c15-12-5-3-10(4-6-12)13-9-17-14(18-13)11-2-1-7-16-8-11/h3-6,9,11,16H,1-2,7-8H2,(H,17,18)/t11-/m0/s1. The summed E-state index contributed by atoms with van der Waals surface area (Å²) in [4.78, 5) is 7.79. The maximum Gasteiger partial charge on any atom is 0.123 e. The molecule has 1 saturated heterocycles. The summed E-state index contributed by atoms with van der Waals surface area (Å²) in [6, 6.07) is 6.48. The van der Waals surface area contributed by atoms with Crippen LogP contribution < -0.4 is 5.32 Å². The van der Waals surface area contributed by atoms with Crippen LogP contribution in [0, 0.1) is 5.82 Å². The van der Waals surface area contributed by atoms with E-state index in [-0.39, 0.29) is 5.82 Å². The van der Waals surface area contributed by atoms with E-state index in [1.807, 2.05) is 6.20 Å². The number of halogens is 1. The molecule has 2 aromatic rings. The third kappa shape index (κ3) is 2.29. The van der Waals surface area contributed by atoms with Crippen molar-refractivity contribution in [1.82, 2.24) is 15.3 Å². The van der Waals surface area contributed by atoms with Crippen LogP contribution in [0.15, 0.2) is 30.5 Å². The first-order chi connectivity index (χ1) is 8.83. The number of piperidine rings is 1. The first-order valence-electron chi connectivity index (χ1n) is 6.34. The molecule has 0 bridgehead atoms. The van der Waals surface area contributed by atoms with E-state index in [0.717, 1.165) is 30.2 Å². The number of nitrogens with zero attached hydrogens (tertiary/aromatic N) is 1. The highest BCUT2D eigenvalue weighted by atomic mass is 19.1. The van der Waals surface area contributed by atoms with Gasteiger partial charge >= 0.3 is 0 Å². The Morgan fingerprint density at radius 2 is 2.06 bits per heavy atom. The molecule has 1 aliphatic rings. The Labute approximate surface area is 105 Å². The molecule has 18 heavy (non-hydrogen) atoms. The van der Waals surface area contributed by atoms with E-state index in [0.29, 0.717) is 5.92 Å². The molecule has 94 valence electrons. The SMILES string of the molecule is Fc1ccc(-c2cnc([C@H]3CCCNC3)[nH]2)cc1. The first-order valence-corrected chi connectivity index (χ1v) is 6.34. The van der Waals surface area contributed by atoms with Crippen molar-refractivity contribution in [3.63, 3.8) is 0 Å². The summed E-state index contributed by atoms with van der Waals surface area (Å²) in [5.41, 5.74) is 1.93. The van der Waals surface area contributed by atoms with Crippen LogP contribution in [-0.2, 0) is 0 Å². The Bertz CT molecular complexity index is 512. The second-order valence-corrected chi connectivity index (χ2v) is 4.73. The van der Waals surface area contributed by atoms with Gasteiger partial charge in [-0.05, 0) is 49.2 Å². The highest BCUT2D eigenvalue weighted by Gasteiger charge is 2.18. The highest BCUT2D eigenvalue weighted by Crippen LogP contribution is 2.24. The summed E-state index contributed by atoms with van der Waals surface area (Å²) in [5, 5.41) is 3.38. The van der Waals surface area contributed by atoms with Crippen molar-refractivity contribution in [2.45, 2.75) is 18.8 Å². The molecule has 0 radical (unpaired) electrons. The lowest BCUT2D eigenvalue weighted by Gasteiger charge is -2.20. The number of imidazole rings is 1. The topological polar surface area (TPSA) is 40.7 Å². The highest BCUT2D eigenvalue weighted by molar-refractivity contribution is 5.58. The third-order valence-electron chi connectivity index (χ3n) is 3.43. The maximum atomic E-state index is 12.9. The van der Waals surface area contributed by atoms with Crippen LogP contribution in [-0.4, -0.2) is 23.1 Å². The van der Waals surface area contributed by atoms with Gasteiger partial charge in [-0.1, -0.05) is 0 Å². The van der Waals surface area contributed by atoms with E-state index in [2.05, 4.69) is 15.3 Å². The van der Waals surface area contributed by atoms with Crippen molar-refractivity contribution in [2.24, 2.45) is 0 Å². The molecule has 1 aromatic heterocycles. The predicted molar refractivity (Wildman–Crippen MR) is 68.8 cm³/mol. The van der Waals surface area contributed by atoms with Gasteiger partial charge in [0.05, 0.1) is 11.9 Å². The molecular formula is C14H16FN3. The number of H-pyrrole nitrogens is 1. The summed E-state index contributed by atoms with van der Waals surface area (Å²) >= 11 is 0. The average Bonchev–Trinajstić information content (AvgIpc) is 2.90. The Hall–Kier alpha value is -1.68. The van der Waals surface area contributed by atoms with Crippen LogP contribution in [0.1, 0.15) is 24.6 Å². The Balaban J connectivity index is 1.82. The van der Waals surface area contributed by atoms with Gasteiger partial charge in [-0.25, -0.2) is 9.37 Å². The molecule has 2 heterocycles. The number of aromatic nitrogens is 2. The molecule has 0 saturated carbocycles. The zero-order chi connectivity index (χ0) is 12.4. The zero-order valence-corrected chi connectivity index (χ0v) is 10.1. The molecule has 0 aliphatic carbocycles. The van der Waals surface area contributed by atoms with Crippen LogP contribution in [0.4, 0.5) is 4.39 Å². The Morgan fingerprint density at radius 3 is 2.78 bits per heavy atom. The Kier molecular flexibility index (Phi) is 3.11. The van der Waals surface area contributed by atoms with Gasteiger partial charge in [0, 0.05) is 12.5 Å². The summed E-state index contributed by atoms with van der Waals surface area (Å²) < 4.78 is 12.9. The van der Waals surface area contributed by atoms with Gasteiger partial charge in [0.15, 0.2) is 0 Å². The van der Waals surface area contributed by atoms with E-state index in [4.69, 9.17) is 0 Å². The van der Waals surface area contributed by atoms with Gasteiger partial charge in [0.25, 0.3) is 0 Å². The van der Waals surface area contributed by atoms with E-state index in [1.54, 1.807) is 12.1 Å². The minimum atomic E-state index is -0.213. The van der Waals surface area contributed by atoms with Crippen molar-refractivity contribution >= 4 is 0 Å². The van der Waals surface area contributed by atoms with Gasteiger partial charge in [0.1, 0.15) is 11.6 Å². The molecule has 3 nitrogen and oxygen atoms in total. The molecule has 1 aliphatic heterocycles. The zero-order valence-electron chi connectivity index (χ0n) is 10.1. The number of hydrogen-bond donors (Lipinski definition) is 2. The molecular weight excluding hydrogens is 229 g/mol. The first kappa shape index (κ1) is 11.4. The van der Waals surface area contributed by atoms with Crippen molar-refractivity contribution in [3.8, 4) is 11.3 Å². The molecule has 1 fully saturated rings. The van der Waals surface area contributed by atoms with Crippen LogP contribution >= 0.6 is 0 Å². The van der Waals surface area contributed by atoms with Crippen molar-refractivity contribution in [3.05, 3.63) is 42.1 Å². The Morgan fingerprint density at radius 1 is 1.22 bits per heavy atom. The molecule has 0 unspecified atom stereocenters. The van der Waals surface area contributed by atoms with E-state index >= 15 is 0 Å². The van der Waals surface area contributed by atoms with Crippen LogP contribution in [0.5, 0.6) is 0 Å². The summed E-state index contributed by atoms with van der Waals surface area (Å²) in [6.07, 6.45) is 4.19. The predicted octanol–water partition coefficient (Wildman–Crippen LogP) is 2.68. The number of benzene rings is 1. The normalized spacial score (nSPS) is 19.9. The lowest BCUT2D eigenvalue weighted by Crippen LogP contribution is -2.28. The molecule has 0 amide bonds. The lowest BCUT2D eigenvalue weighted by molar-refractivity contribution is 0.449. The number of hydrogen-bond acceptors (Lipinski definition) is 2. The second kappa shape index (κ2) is 4.90. The summed E-state index contributed by atoms with van der Waals surface area (Å²) in [6.45, 7) is 2.08. The quantitative estimate of drug-likeness (QED) is 0.854. The van der Waals surface area contributed by atoms with Gasteiger partial charge in [0.2, 0.25) is 0 Å². The largest absolute Gasteiger partial charge is 0.342 e. The fourth-order valence-electron chi connectivity index (χ4n) is 2.41. The van der Waals surface area contributed by atoms with Crippen LogP contribution in [0.2, 0.25) is 0 Å². The lowest BCUT2D eigenvalue weighted by atomic mass is 9.99. The number of aromatic amines is 1. The molecule has 3 rings (SSSR count). The van der Waals surface area contributed by atoms with E-state index in [9.17, 15) is 4.39 Å². The second-order valence-electron chi connectivity index (χ2n) is 4.73. The molecule has 0 spiro atoms. The van der Waals surface area contributed by atoms with Gasteiger partial charge in [-0.15, -0.1) is 0 Å². The number of nitrogens with one attached hydrogen (secondary N) is 2. The van der Waals surface area contributed by atoms with Crippen molar-refractivity contribution in [1.29, 1.82) is 0 Å². The smallest absolute Gasteiger partial charge is 0.123 e. The van der Waals surface area contributed by atoms with Crippen LogP contribution in [0.3, 0.4) is 0 Å². The van der Waals surface area contributed by atoms with Crippen molar-refractivity contribution in [2.75, 3.05) is 13.1 Å². The van der Waals surface area contributed by atoms with Gasteiger partial charge in [-0.2, -0.15) is 0 Å². The molecule has 1 atom stereocenters. The van der Waals surface area contributed by atoms with Crippen LogP contribution in [0.25, 0.3) is 11.3 Å². The molecule has 2 N–H and O–H groups in total. The van der Waals surface area contributed by atoms with E-state index in [1.165, 1.54) is 25.0 Å². The monoisotopic (exact) mass is 245 g/mol.